The summed E-state index contributed by atoms with van der Waals surface area (Å²) < 4.78 is 5.98. The van der Waals surface area contributed by atoms with Gasteiger partial charge in [0.2, 0.25) is 0 Å². The highest BCUT2D eigenvalue weighted by Gasteiger charge is 2.13. The summed E-state index contributed by atoms with van der Waals surface area (Å²) in [4.78, 5) is 21.2. The molecule has 2 aromatic carbocycles. The molecule has 0 aliphatic heterocycles. The van der Waals surface area contributed by atoms with Gasteiger partial charge in [-0.2, -0.15) is 0 Å². The number of carbonyl (C=O) groups excluding carboxylic acids is 1. The SMILES string of the molecule is Cc1cc(C(=O)Nc2ccc(-c3nccs3)cc2)cc(C)c1OCc1cccnc1. The third kappa shape index (κ3) is 4.55. The lowest BCUT2D eigenvalue weighted by molar-refractivity contribution is 0.102. The molecular weight excluding hydrogens is 394 g/mol. The highest BCUT2D eigenvalue weighted by Crippen LogP contribution is 2.27. The fourth-order valence-electron chi connectivity index (χ4n) is 3.21. The molecule has 0 aliphatic rings. The minimum absolute atomic E-state index is 0.151. The van der Waals surface area contributed by atoms with E-state index in [-0.39, 0.29) is 5.91 Å². The summed E-state index contributed by atoms with van der Waals surface area (Å²) >= 11 is 1.59. The van der Waals surface area contributed by atoms with E-state index >= 15 is 0 Å². The van der Waals surface area contributed by atoms with Crippen LogP contribution in [-0.4, -0.2) is 15.9 Å². The van der Waals surface area contributed by atoms with Crippen LogP contribution in [0, 0.1) is 13.8 Å². The summed E-state index contributed by atoms with van der Waals surface area (Å²) in [6.07, 6.45) is 5.30. The second-order valence-electron chi connectivity index (χ2n) is 6.96. The van der Waals surface area contributed by atoms with Crippen molar-refractivity contribution in [2.24, 2.45) is 0 Å². The normalized spacial score (nSPS) is 10.6. The average molecular weight is 416 g/mol. The molecule has 30 heavy (non-hydrogen) atoms. The van der Waals surface area contributed by atoms with Gasteiger partial charge in [-0.25, -0.2) is 4.98 Å². The molecule has 0 aliphatic carbocycles. The van der Waals surface area contributed by atoms with Crippen LogP contribution in [0.4, 0.5) is 5.69 Å². The van der Waals surface area contributed by atoms with Gasteiger partial charge in [-0.05, 0) is 67.4 Å². The smallest absolute Gasteiger partial charge is 0.255 e. The van der Waals surface area contributed by atoms with Gasteiger partial charge in [0.15, 0.2) is 0 Å². The quantitative estimate of drug-likeness (QED) is 0.442. The van der Waals surface area contributed by atoms with Gasteiger partial charge in [-0.15, -0.1) is 11.3 Å². The summed E-state index contributed by atoms with van der Waals surface area (Å²) in [7, 11) is 0. The molecule has 0 saturated heterocycles. The van der Waals surface area contributed by atoms with E-state index < -0.39 is 0 Å². The summed E-state index contributed by atoms with van der Waals surface area (Å²) in [6.45, 7) is 4.34. The van der Waals surface area contributed by atoms with Crippen LogP contribution in [0.15, 0.2) is 72.5 Å². The fraction of sp³-hybridized carbons (Fsp3) is 0.125. The summed E-state index contributed by atoms with van der Waals surface area (Å²) in [5.41, 5.74) is 5.21. The number of benzene rings is 2. The zero-order chi connectivity index (χ0) is 20.9. The maximum atomic E-state index is 12.8. The van der Waals surface area contributed by atoms with Gasteiger partial charge in [0.25, 0.3) is 5.91 Å². The molecule has 2 heterocycles. The van der Waals surface area contributed by atoms with E-state index in [1.54, 1.807) is 29.9 Å². The lowest BCUT2D eigenvalue weighted by Gasteiger charge is -2.14. The van der Waals surface area contributed by atoms with E-state index in [1.807, 2.05) is 67.8 Å². The Balaban J connectivity index is 1.45. The van der Waals surface area contributed by atoms with Crippen LogP contribution in [0.1, 0.15) is 27.0 Å². The van der Waals surface area contributed by atoms with E-state index in [4.69, 9.17) is 4.74 Å². The van der Waals surface area contributed by atoms with Gasteiger partial charge in [-0.1, -0.05) is 6.07 Å². The number of aryl methyl sites for hydroxylation is 2. The van der Waals surface area contributed by atoms with Gasteiger partial charge in [0.05, 0.1) is 0 Å². The van der Waals surface area contributed by atoms with Crippen molar-refractivity contribution >= 4 is 22.9 Å². The largest absolute Gasteiger partial charge is 0.488 e. The predicted molar refractivity (Wildman–Crippen MR) is 120 cm³/mol. The van der Waals surface area contributed by atoms with Crippen LogP contribution >= 0.6 is 11.3 Å². The molecule has 0 radical (unpaired) electrons. The zero-order valence-corrected chi connectivity index (χ0v) is 17.6. The van der Waals surface area contributed by atoms with E-state index in [1.165, 1.54) is 0 Å². The summed E-state index contributed by atoms with van der Waals surface area (Å²) in [5, 5.41) is 5.86. The summed E-state index contributed by atoms with van der Waals surface area (Å²) in [6, 6.07) is 15.3. The number of nitrogens with zero attached hydrogens (tertiary/aromatic N) is 2. The van der Waals surface area contributed by atoms with E-state index in [9.17, 15) is 4.79 Å². The summed E-state index contributed by atoms with van der Waals surface area (Å²) in [5.74, 6) is 0.644. The molecule has 4 aromatic rings. The van der Waals surface area contributed by atoms with Crippen molar-refractivity contribution in [2.75, 3.05) is 5.32 Å². The second-order valence-corrected chi connectivity index (χ2v) is 7.85. The molecule has 0 fully saturated rings. The lowest BCUT2D eigenvalue weighted by atomic mass is 10.0. The van der Waals surface area contributed by atoms with Crippen LogP contribution in [0.3, 0.4) is 0 Å². The van der Waals surface area contributed by atoms with Gasteiger partial charge < -0.3 is 10.1 Å². The molecule has 5 nitrogen and oxygen atoms in total. The monoisotopic (exact) mass is 415 g/mol. The number of ether oxygens (including phenoxy) is 1. The lowest BCUT2D eigenvalue weighted by Crippen LogP contribution is -2.13. The first-order chi connectivity index (χ1) is 14.6. The van der Waals surface area contributed by atoms with Crippen molar-refractivity contribution in [3.63, 3.8) is 0 Å². The van der Waals surface area contributed by atoms with Crippen molar-refractivity contribution in [2.45, 2.75) is 20.5 Å². The van der Waals surface area contributed by atoms with E-state index in [0.29, 0.717) is 12.2 Å². The van der Waals surface area contributed by atoms with Crippen molar-refractivity contribution in [1.29, 1.82) is 0 Å². The standard InChI is InChI=1S/C24H21N3O2S/c1-16-12-20(13-17(2)22(16)29-15-18-4-3-9-25-14-18)23(28)27-21-7-5-19(6-8-21)24-26-10-11-30-24/h3-14H,15H2,1-2H3,(H,27,28). The number of carbonyl (C=O) groups is 1. The molecule has 6 heteroatoms. The first kappa shape index (κ1) is 19.8. The zero-order valence-electron chi connectivity index (χ0n) is 16.8. The molecule has 0 bridgehead atoms. The second kappa shape index (κ2) is 8.88. The Bertz CT molecular complexity index is 1120. The van der Waals surface area contributed by atoms with Crippen LogP contribution in [0.2, 0.25) is 0 Å². The molecule has 0 spiro atoms. The van der Waals surface area contributed by atoms with Crippen LogP contribution in [0.5, 0.6) is 5.75 Å². The Morgan fingerprint density at radius 2 is 1.83 bits per heavy atom. The van der Waals surface area contributed by atoms with Crippen molar-refractivity contribution < 1.29 is 9.53 Å². The molecule has 0 unspecified atom stereocenters. The van der Waals surface area contributed by atoms with Crippen molar-refractivity contribution in [1.82, 2.24) is 9.97 Å². The highest BCUT2D eigenvalue weighted by atomic mass is 32.1. The van der Waals surface area contributed by atoms with Gasteiger partial charge in [-0.3, -0.25) is 9.78 Å². The van der Waals surface area contributed by atoms with Crippen molar-refractivity contribution in [3.8, 4) is 16.3 Å². The number of thiazole rings is 1. The molecule has 2 aromatic heterocycles. The number of hydrogen-bond donors (Lipinski definition) is 1. The third-order valence-corrected chi connectivity index (χ3v) is 5.47. The number of nitrogens with one attached hydrogen (secondary N) is 1. The van der Waals surface area contributed by atoms with Gasteiger partial charge in [0, 0.05) is 46.3 Å². The topological polar surface area (TPSA) is 64.1 Å². The van der Waals surface area contributed by atoms with Gasteiger partial charge in [0.1, 0.15) is 17.4 Å². The number of anilines is 1. The van der Waals surface area contributed by atoms with Crippen LogP contribution in [0.25, 0.3) is 10.6 Å². The molecule has 0 saturated carbocycles. The maximum absolute atomic E-state index is 12.8. The predicted octanol–water partition coefficient (Wildman–Crippen LogP) is 5.65. The average Bonchev–Trinajstić information content (AvgIpc) is 3.29. The Morgan fingerprint density at radius 1 is 1.07 bits per heavy atom. The minimum Gasteiger partial charge on any atom is -0.488 e. The first-order valence-electron chi connectivity index (χ1n) is 9.54. The van der Waals surface area contributed by atoms with Crippen LogP contribution < -0.4 is 10.1 Å². The third-order valence-electron chi connectivity index (χ3n) is 4.65. The maximum Gasteiger partial charge on any atom is 0.255 e. The number of hydrogen-bond acceptors (Lipinski definition) is 5. The Morgan fingerprint density at radius 3 is 2.47 bits per heavy atom. The number of rotatable bonds is 6. The Labute approximate surface area is 179 Å². The fourth-order valence-corrected chi connectivity index (χ4v) is 3.86. The highest BCUT2D eigenvalue weighted by molar-refractivity contribution is 7.13. The molecule has 1 N–H and O–H groups in total. The molecule has 150 valence electrons. The number of aromatic nitrogens is 2. The molecule has 4 rings (SSSR count). The molecule has 0 atom stereocenters. The Kier molecular flexibility index (Phi) is 5.86. The van der Waals surface area contributed by atoms with Crippen molar-refractivity contribution in [3.05, 3.63) is 94.8 Å². The molecular formula is C24H21N3O2S. The van der Waals surface area contributed by atoms with E-state index in [2.05, 4.69) is 15.3 Å². The van der Waals surface area contributed by atoms with Gasteiger partial charge >= 0.3 is 0 Å². The number of pyridine rings is 1. The Hall–Kier alpha value is -3.51. The minimum atomic E-state index is -0.151. The number of amides is 1. The van der Waals surface area contributed by atoms with Crippen LogP contribution in [-0.2, 0) is 6.61 Å². The first-order valence-corrected chi connectivity index (χ1v) is 10.4. The molecule has 1 amide bonds. The van der Waals surface area contributed by atoms with E-state index in [0.717, 1.165) is 38.7 Å².